The van der Waals surface area contributed by atoms with Crippen molar-refractivity contribution in [1.82, 2.24) is 0 Å². The van der Waals surface area contributed by atoms with Gasteiger partial charge >= 0.3 is 5.63 Å². The van der Waals surface area contributed by atoms with E-state index in [0.717, 1.165) is 18.4 Å². The molecule has 10 heteroatoms. The number of unbranched alkanes of at least 4 members (excludes halogenated alkanes) is 7. The van der Waals surface area contributed by atoms with Gasteiger partial charge in [-0.25, -0.2) is 4.79 Å². The van der Waals surface area contributed by atoms with Gasteiger partial charge in [0.05, 0.1) is 18.6 Å². The third-order valence-corrected chi connectivity index (χ3v) is 7.37. The molecule has 0 aliphatic carbocycles. The maximum Gasteiger partial charge on any atom is 0.383 e. The number of aliphatic hydroxyl groups is 4. The SMILES string of the molecule is CCCCCCCCCCOc1ccc2c(OCc3ccccc3)c(O[C@H]3O[C@H](CO)[C@@H](O)[C@H](O)[C@@H]3O)c(=O)oc2c1. The highest BCUT2D eigenvalue weighted by Gasteiger charge is 2.45. The fourth-order valence-corrected chi connectivity index (χ4v) is 4.91. The standard InChI is InChI=1S/C32H42O10/c1-2-3-4-5-6-7-8-12-17-38-22-15-16-23-24(18-22)40-31(37)30(29(23)39-20-21-13-10-9-11-14-21)42-32-28(36)27(35)26(34)25(19-33)41-32/h9-11,13-16,18,25-28,32-36H,2-8,12,17,19-20H2,1H3/t25-,26-,27+,28+,32-/m1/s1. The van der Waals surface area contributed by atoms with Crippen LogP contribution in [0.3, 0.4) is 0 Å². The minimum atomic E-state index is -1.72. The molecule has 1 aliphatic rings. The van der Waals surface area contributed by atoms with Crippen molar-refractivity contribution in [3.8, 4) is 17.2 Å². The van der Waals surface area contributed by atoms with E-state index in [1.807, 2.05) is 30.3 Å². The van der Waals surface area contributed by atoms with Gasteiger partial charge in [0.15, 0.2) is 5.75 Å². The predicted octanol–water partition coefficient (Wildman–Crippen LogP) is 4.07. The van der Waals surface area contributed by atoms with Gasteiger partial charge in [0.1, 0.15) is 42.4 Å². The first-order chi connectivity index (χ1) is 20.4. The van der Waals surface area contributed by atoms with Crippen LogP contribution in [0.25, 0.3) is 11.0 Å². The van der Waals surface area contributed by atoms with Crippen LogP contribution in [-0.2, 0) is 11.3 Å². The van der Waals surface area contributed by atoms with Gasteiger partial charge in [-0.3, -0.25) is 0 Å². The van der Waals surface area contributed by atoms with Crippen molar-refractivity contribution in [2.45, 2.75) is 95.6 Å². The third-order valence-electron chi connectivity index (χ3n) is 7.37. The van der Waals surface area contributed by atoms with Gasteiger partial charge in [-0.2, -0.15) is 0 Å². The van der Waals surface area contributed by atoms with Crippen LogP contribution in [0.5, 0.6) is 17.2 Å². The smallest absolute Gasteiger partial charge is 0.383 e. The number of aliphatic hydroxyl groups excluding tert-OH is 4. The van der Waals surface area contributed by atoms with Crippen LogP contribution in [-0.4, -0.2) is 64.3 Å². The zero-order valence-corrected chi connectivity index (χ0v) is 24.0. The number of benzene rings is 2. The zero-order valence-electron chi connectivity index (χ0n) is 24.0. The molecule has 2 aromatic carbocycles. The van der Waals surface area contributed by atoms with E-state index >= 15 is 0 Å². The Bertz CT molecular complexity index is 1290. The molecule has 0 amide bonds. The monoisotopic (exact) mass is 586 g/mol. The van der Waals surface area contributed by atoms with Gasteiger partial charge in [-0.1, -0.05) is 82.2 Å². The quantitative estimate of drug-likeness (QED) is 0.143. The topological polar surface area (TPSA) is 148 Å². The van der Waals surface area contributed by atoms with E-state index in [9.17, 15) is 25.2 Å². The number of hydrogen-bond donors (Lipinski definition) is 4. The Morgan fingerprint density at radius 2 is 1.52 bits per heavy atom. The van der Waals surface area contributed by atoms with Crippen molar-refractivity contribution in [3.63, 3.8) is 0 Å². The molecule has 0 saturated carbocycles. The summed E-state index contributed by atoms with van der Waals surface area (Å²) in [5.74, 6) is 0.220. The van der Waals surface area contributed by atoms with E-state index in [4.69, 9.17) is 23.4 Å². The van der Waals surface area contributed by atoms with Gasteiger partial charge in [0.25, 0.3) is 5.75 Å². The highest BCUT2D eigenvalue weighted by Crippen LogP contribution is 2.37. The van der Waals surface area contributed by atoms with Gasteiger partial charge < -0.3 is 43.8 Å². The summed E-state index contributed by atoms with van der Waals surface area (Å²) in [4.78, 5) is 13.2. The Hall–Kier alpha value is -3.15. The van der Waals surface area contributed by atoms with Crippen LogP contribution in [0, 0.1) is 0 Å². The average Bonchev–Trinajstić information content (AvgIpc) is 3.00. The van der Waals surface area contributed by atoms with Crippen molar-refractivity contribution in [2.24, 2.45) is 0 Å². The van der Waals surface area contributed by atoms with E-state index < -0.39 is 42.9 Å². The first kappa shape index (κ1) is 31.8. The van der Waals surface area contributed by atoms with Crippen molar-refractivity contribution < 1.29 is 43.8 Å². The van der Waals surface area contributed by atoms with Crippen LogP contribution in [0.15, 0.2) is 57.7 Å². The first-order valence-corrected chi connectivity index (χ1v) is 14.8. The second-order valence-electron chi connectivity index (χ2n) is 10.6. The molecule has 0 radical (unpaired) electrons. The molecule has 4 rings (SSSR count). The Kier molecular flexibility index (Phi) is 12.0. The molecule has 2 heterocycles. The van der Waals surface area contributed by atoms with Crippen LogP contribution >= 0.6 is 0 Å². The Morgan fingerprint density at radius 1 is 0.810 bits per heavy atom. The minimum absolute atomic E-state index is 0.0525. The lowest BCUT2D eigenvalue weighted by atomic mass is 9.99. The number of hydrogen-bond acceptors (Lipinski definition) is 10. The second kappa shape index (κ2) is 15.9. The van der Waals surface area contributed by atoms with Gasteiger partial charge in [-0.15, -0.1) is 0 Å². The molecule has 10 nitrogen and oxygen atoms in total. The first-order valence-electron chi connectivity index (χ1n) is 14.8. The summed E-state index contributed by atoms with van der Waals surface area (Å²) < 4.78 is 28.7. The van der Waals surface area contributed by atoms with Crippen molar-refractivity contribution >= 4 is 11.0 Å². The summed E-state index contributed by atoms with van der Waals surface area (Å²) in [6.07, 6.45) is 1.76. The third kappa shape index (κ3) is 8.23. The zero-order chi connectivity index (χ0) is 29.9. The lowest BCUT2D eigenvalue weighted by Crippen LogP contribution is -2.60. The Labute approximate surface area is 245 Å². The van der Waals surface area contributed by atoms with Gasteiger partial charge in [-0.05, 0) is 24.1 Å². The summed E-state index contributed by atoms with van der Waals surface area (Å²) >= 11 is 0. The highest BCUT2D eigenvalue weighted by atomic mass is 16.7. The molecule has 1 saturated heterocycles. The van der Waals surface area contributed by atoms with E-state index in [1.54, 1.807) is 18.2 Å². The molecule has 1 aliphatic heterocycles. The van der Waals surface area contributed by atoms with Crippen molar-refractivity contribution in [3.05, 3.63) is 64.5 Å². The van der Waals surface area contributed by atoms with Crippen LogP contribution in [0.2, 0.25) is 0 Å². The van der Waals surface area contributed by atoms with E-state index in [0.29, 0.717) is 17.7 Å². The molecule has 230 valence electrons. The molecule has 0 unspecified atom stereocenters. The second-order valence-corrected chi connectivity index (χ2v) is 10.6. The van der Waals surface area contributed by atoms with Crippen LogP contribution in [0.4, 0.5) is 0 Å². The van der Waals surface area contributed by atoms with Crippen molar-refractivity contribution in [2.75, 3.05) is 13.2 Å². The van der Waals surface area contributed by atoms with E-state index in [2.05, 4.69) is 6.92 Å². The molecule has 0 spiro atoms. The Morgan fingerprint density at radius 3 is 2.24 bits per heavy atom. The Balaban J connectivity index is 1.51. The lowest BCUT2D eigenvalue weighted by molar-refractivity contribution is -0.278. The largest absolute Gasteiger partial charge is 0.493 e. The maximum atomic E-state index is 13.2. The summed E-state index contributed by atoms with van der Waals surface area (Å²) in [6, 6.07) is 14.4. The normalized spacial score (nSPS) is 22.3. The summed E-state index contributed by atoms with van der Waals surface area (Å²) in [7, 11) is 0. The maximum absolute atomic E-state index is 13.2. The molecule has 3 aromatic rings. The van der Waals surface area contributed by atoms with E-state index in [1.165, 1.54) is 38.5 Å². The summed E-state index contributed by atoms with van der Waals surface area (Å²) in [5, 5.41) is 40.7. The number of ether oxygens (including phenoxy) is 4. The molecular weight excluding hydrogens is 544 g/mol. The predicted molar refractivity (Wildman–Crippen MR) is 156 cm³/mol. The molecule has 4 N–H and O–H groups in total. The van der Waals surface area contributed by atoms with Crippen molar-refractivity contribution in [1.29, 1.82) is 0 Å². The fourth-order valence-electron chi connectivity index (χ4n) is 4.91. The lowest BCUT2D eigenvalue weighted by Gasteiger charge is -2.39. The molecule has 0 bridgehead atoms. The molecule has 1 fully saturated rings. The molecule has 1 aromatic heterocycles. The van der Waals surface area contributed by atoms with Crippen LogP contribution < -0.4 is 19.8 Å². The highest BCUT2D eigenvalue weighted by molar-refractivity contribution is 5.86. The summed E-state index contributed by atoms with van der Waals surface area (Å²) in [6.45, 7) is 2.21. The average molecular weight is 587 g/mol. The minimum Gasteiger partial charge on any atom is -0.493 e. The number of rotatable bonds is 16. The van der Waals surface area contributed by atoms with Gasteiger partial charge in [0, 0.05) is 6.07 Å². The number of fused-ring (bicyclic) bond motifs is 1. The van der Waals surface area contributed by atoms with Crippen LogP contribution in [0.1, 0.15) is 63.9 Å². The fraction of sp³-hybridized carbons (Fsp3) is 0.531. The molecule has 5 atom stereocenters. The summed E-state index contributed by atoms with van der Waals surface area (Å²) in [5.41, 5.74) is 0.156. The van der Waals surface area contributed by atoms with E-state index in [-0.39, 0.29) is 23.7 Å². The molecular formula is C32H42O10. The van der Waals surface area contributed by atoms with Gasteiger partial charge in [0.2, 0.25) is 6.29 Å². The molecule has 42 heavy (non-hydrogen) atoms.